The Morgan fingerprint density at radius 1 is 1.10 bits per heavy atom. The highest BCUT2D eigenvalue weighted by Crippen LogP contribution is 1.92. The van der Waals surface area contributed by atoms with Gasteiger partial charge in [0.2, 0.25) is 0 Å². The molecule has 10 heavy (non-hydrogen) atoms. The van der Waals surface area contributed by atoms with E-state index in [9.17, 15) is 5.11 Å². The summed E-state index contributed by atoms with van der Waals surface area (Å²) in [5, 5.41) is 10.9. The Balaban J connectivity index is 3.52. The third-order valence-electron chi connectivity index (χ3n) is 1.12. The van der Waals surface area contributed by atoms with Gasteiger partial charge in [0.1, 0.15) is 6.10 Å². The molecule has 0 N–H and O–H groups in total. The zero-order valence-corrected chi connectivity index (χ0v) is 6.71. The fourth-order valence-electron chi connectivity index (χ4n) is 0.605. The van der Waals surface area contributed by atoms with Crippen molar-refractivity contribution < 1.29 is 5.11 Å². The van der Waals surface area contributed by atoms with Gasteiger partial charge in [-0.3, -0.25) is 0 Å². The Morgan fingerprint density at radius 3 is 1.80 bits per heavy atom. The summed E-state index contributed by atoms with van der Waals surface area (Å²) in [6, 6.07) is 0. The Morgan fingerprint density at radius 2 is 1.50 bits per heavy atom. The lowest BCUT2D eigenvalue weighted by molar-refractivity contribution is 0.169. The van der Waals surface area contributed by atoms with Crippen LogP contribution in [-0.2, 0) is 5.11 Å². The SMILES string of the molecule is CC/C=C/C([O])/C=C/CC. The standard InChI is InChI=1S/C9H15O/c1-3-5-7-9(10)8-6-4-2/h5-9H,3-4H2,1-2H3/b7-5+,8-6+. The van der Waals surface area contributed by atoms with Gasteiger partial charge < -0.3 is 0 Å². The third kappa shape index (κ3) is 5.57. The van der Waals surface area contributed by atoms with Crippen LogP contribution in [-0.4, -0.2) is 6.10 Å². The van der Waals surface area contributed by atoms with Gasteiger partial charge in [0.15, 0.2) is 0 Å². The molecular formula is C9H15O. The molecule has 0 saturated carbocycles. The maximum atomic E-state index is 10.9. The molecule has 0 fully saturated rings. The first-order valence-electron chi connectivity index (χ1n) is 3.80. The summed E-state index contributed by atoms with van der Waals surface area (Å²) < 4.78 is 0. The molecule has 0 aliphatic rings. The summed E-state index contributed by atoms with van der Waals surface area (Å²) in [5.41, 5.74) is 0. The molecular weight excluding hydrogens is 124 g/mol. The Kier molecular flexibility index (Phi) is 6.19. The molecule has 0 aromatic carbocycles. The summed E-state index contributed by atoms with van der Waals surface area (Å²) in [6.07, 6.45) is 8.42. The predicted octanol–water partition coefficient (Wildman–Crippen LogP) is 2.72. The van der Waals surface area contributed by atoms with Crippen molar-refractivity contribution in [2.24, 2.45) is 0 Å². The van der Waals surface area contributed by atoms with Crippen molar-refractivity contribution in [2.45, 2.75) is 32.8 Å². The molecule has 0 saturated heterocycles. The average Bonchev–Trinajstić information content (AvgIpc) is 1.97. The van der Waals surface area contributed by atoms with Crippen LogP contribution in [0, 0.1) is 0 Å². The van der Waals surface area contributed by atoms with Crippen LogP contribution in [0.5, 0.6) is 0 Å². The normalized spacial score (nSPS) is 12.4. The van der Waals surface area contributed by atoms with Crippen molar-refractivity contribution in [3.05, 3.63) is 24.3 Å². The minimum absolute atomic E-state index is 0.639. The van der Waals surface area contributed by atoms with Gasteiger partial charge in [-0.1, -0.05) is 38.2 Å². The van der Waals surface area contributed by atoms with Crippen molar-refractivity contribution in [1.29, 1.82) is 0 Å². The molecule has 0 amide bonds. The van der Waals surface area contributed by atoms with Crippen LogP contribution in [0.4, 0.5) is 0 Å². The van der Waals surface area contributed by atoms with Crippen molar-refractivity contribution in [2.75, 3.05) is 0 Å². The van der Waals surface area contributed by atoms with Crippen LogP contribution in [0.25, 0.3) is 0 Å². The largest absolute Gasteiger partial charge is 0.224 e. The van der Waals surface area contributed by atoms with Gasteiger partial charge in [0.25, 0.3) is 0 Å². The lowest BCUT2D eigenvalue weighted by atomic mass is 10.2. The van der Waals surface area contributed by atoms with E-state index < -0.39 is 6.10 Å². The second-order valence-electron chi connectivity index (χ2n) is 2.14. The molecule has 0 bridgehead atoms. The first-order valence-corrected chi connectivity index (χ1v) is 3.80. The molecule has 1 heteroatoms. The van der Waals surface area contributed by atoms with Gasteiger partial charge in [-0.2, -0.15) is 0 Å². The van der Waals surface area contributed by atoms with E-state index in [1.165, 1.54) is 0 Å². The summed E-state index contributed by atoms with van der Waals surface area (Å²) in [7, 11) is 0. The summed E-state index contributed by atoms with van der Waals surface area (Å²) in [5.74, 6) is 0. The summed E-state index contributed by atoms with van der Waals surface area (Å²) in [4.78, 5) is 0. The van der Waals surface area contributed by atoms with Gasteiger partial charge in [0, 0.05) is 0 Å². The molecule has 0 spiro atoms. The van der Waals surface area contributed by atoms with E-state index in [1.54, 1.807) is 12.2 Å². The monoisotopic (exact) mass is 139 g/mol. The molecule has 0 heterocycles. The Hall–Kier alpha value is -0.560. The lowest BCUT2D eigenvalue weighted by Crippen LogP contribution is -1.92. The van der Waals surface area contributed by atoms with E-state index >= 15 is 0 Å². The summed E-state index contributed by atoms with van der Waals surface area (Å²) >= 11 is 0. The van der Waals surface area contributed by atoms with Crippen molar-refractivity contribution in [3.8, 4) is 0 Å². The van der Waals surface area contributed by atoms with E-state index in [4.69, 9.17) is 0 Å². The van der Waals surface area contributed by atoms with E-state index in [0.717, 1.165) is 12.8 Å². The number of rotatable bonds is 4. The van der Waals surface area contributed by atoms with Crippen molar-refractivity contribution in [1.82, 2.24) is 0 Å². The van der Waals surface area contributed by atoms with Gasteiger partial charge in [0.05, 0.1) is 0 Å². The second-order valence-corrected chi connectivity index (χ2v) is 2.14. The number of hydrogen-bond donors (Lipinski definition) is 0. The molecule has 0 rings (SSSR count). The zero-order chi connectivity index (χ0) is 7.82. The van der Waals surface area contributed by atoms with E-state index in [1.807, 2.05) is 26.0 Å². The first kappa shape index (κ1) is 9.44. The quantitative estimate of drug-likeness (QED) is 0.534. The van der Waals surface area contributed by atoms with Crippen molar-refractivity contribution in [3.63, 3.8) is 0 Å². The molecule has 57 valence electrons. The number of allylic oxidation sites excluding steroid dienone is 2. The van der Waals surface area contributed by atoms with Crippen LogP contribution in [0.15, 0.2) is 24.3 Å². The zero-order valence-electron chi connectivity index (χ0n) is 6.71. The summed E-state index contributed by atoms with van der Waals surface area (Å²) in [6.45, 7) is 4.04. The third-order valence-corrected chi connectivity index (χ3v) is 1.12. The van der Waals surface area contributed by atoms with Gasteiger partial charge >= 0.3 is 0 Å². The average molecular weight is 139 g/mol. The first-order chi connectivity index (χ1) is 4.81. The smallest absolute Gasteiger partial charge is 0.129 e. The minimum atomic E-state index is -0.639. The van der Waals surface area contributed by atoms with Gasteiger partial charge in [-0.25, -0.2) is 5.11 Å². The second kappa shape index (κ2) is 6.56. The van der Waals surface area contributed by atoms with Crippen LogP contribution in [0.3, 0.4) is 0 Å². The van der Waals surface area contributed by atoms with Crippen LogP contribution in [0.1, 0.15) is 26.7 Å². The van der Waals surface area contributed by atoms with E-state index in [-0.39, 0.29) is 0 Å². The minimum Gasteiger partial charge on any atom is -0.224 e. The van der Waals surface area contributed by atoms with Gasteiger partial charge in [-0.05, 0) is 12.8 Å². The molecule has 0 aliphatic heterocycles. The maximum absolute atomic E-state index is 10.9. The van der Waals surface area contributed by atoms with Gasteiger partial charge in [-0.15, -0.1) is 0 Å². The molecule has 0 unspecified atom stereocenters. The van der Waals surface area contributed by atoms with E-state index in [2.05, 4.69) is 0 Å². The maximum Gasteiger partial charge on any atom is 0.129 e. The molecule has 0 aliphatic carbocycles. The highest BCUT2D eigenvalue weighted by Gasteiger charge is 1.90. The Bertz CT molecular complexity index is 99.9. The lowest BCUT2D eigenvalue weighted by Gasteiger charge is -1.91. The number of hydrogen-bond acceptors (Lipinski definition) is 0. The van der Waals surface area contributed by atoms with Crippen molar-refractivity contribution >= 4 is 0 Å². The van der Waals surface area contributed by atoms with Crippen LogP contribution in [0.2, 0.25) is 0 Å². The Labute approximate surface area is 63.1 Å². The highest BCUT2D eigenvalue weighted by molar-refractivity contribution is 5.00. The highest BCUT2D eigenvalue weighted by atomic mass is 16.3. The molecule has 0 atom stereocenters. The molecule has 0 aromatic rings. The fourth-order valence-corrected chi connectivity index (χ4v) is 0.605. The predicted molar refractivity (Wildman–Crippen MR) is 43.3 cm³/mol. The molecule has 1 nitrogen and oxygen atoms in total. The van der Waals surface area contributed by atoms with Crippen LogP contribution < -0.4 is 0 Å². The topological polar surface area (TPSA) is 19.9 Å². The van der Waals surface area contributed by atoms with E-state index in [0.29, 0.717) is 0 Å². The molecule has 1 radical (unpaired) electrons. The molecule has 0 aromatic heterocycles. The van der Waals surface area contributed by atoms with Crippen LogP contribution >= 0.6 is 0 Å². The fraction of sp³-hybridized carbons (Fsp3) is 0.556.